The highest BCUT2D eigenvalue weighted by Gasteiger charge is 2.40. The van der Waals surface area contributed by atoms with Gasteiger partial charge in [0.15, 0.2) is 0 Å². The summed E-state index contributed by atoms with van der Waals surface area (Å²) in [7, 11) is -1.17. The van der Waals surface area contributed by atoms with Crippen molar-refractivity contribution in [2.24, 2.45) is 5.73 Å². The zero-order valence-corrected chi connectivity index (χ0v) is 19.8. The van der Waals surface area contributed by atoms with E-state index in [4.69, 9.17) is 10.4 Å². The molecule has 0 saturated carbocycles. The number of alkyl halides is 3. The molecule has 3 amide bonds. The lowest BCUT2D eigenvalue weighted by atomic mass is 9.78. The topological polar surface area (TPSA) is 131 Å². The first kappa shape index (κ1) is 27.2. The molecule has 2 aromatic rings. The summed E-state index contributed by atoms with van der Waals surface area (Å²) in [6.45, 7) is 3.60. The summed E-state index contributed by atoms with van der Waals surface area (Å²) in [5.74, 6) is -1.68. The molecular weight excluding hydrogens is 478 g/mol. The van der Waals surface area contributed by atoms with Crippen LogP contribution < -0.4 is 21.8 Å². The molecule has 0 fully saturated rings. The summed E-state index contributed by atoms with van der Waals surface area (Å²) in [5.41, 5.74) is 5.55. The Balaban J connectivity index is 1.77. The number of benzene rings is 2. The summed E-state index contributed by atoms with van der Waals surface area (Å²) in [6.07, 6.45) is -4.44. The number of hydrogen-bond donors (Lipinski definition) is 4. The molecule has 12 heteroatoms. The van der Waals surface area contributed by atoms with E-state index < -0.39 is 48.2 Å². The normalized spacial score (nSPS) is 15.2. The van der Waals surface area contributed by atoms with Crippen LogP contribution in [0.3, 0.4) is 0 Å². The molecule has 0 aromatic heterocycles. The second-order valence-corrected chi connectivity index (χ2v) is 9.11. The van der Waals surface area contributed by atoms with E-state index in [2.05, 4.69) is 10.6 Å². The van der Waals surface area contributed by atoms with Gasteiger partial charge in [-0.15, -0.1) is 0 Å². The summed E-state index contributed by atoms with van der Waals surface area (Å²) < 4.78 is 44.2. The highest BCUT2D eigenvalue weighted by Crippen LogP contribution is 2.31. The Morgan fingerprint density at radius 2 is 1.78 bits per heavy atom. The van der Waals surface area contributed by atoms with E-state index in [1.807, 2.05) is 0 Å². The molecule has 1 aliphatic heterocycles. The molecule has 0 saturated heterocycles. The summed E-state index contributed by atoms with van der Waals surface area (Å²) in [6, 6.07) is 8.09. The Morgan fingerprint density at radius 3 is 2.39 bits per heavy atom. The second-order valence-electron chi connectivity index (χ2n) is 9.11. The predicted octanol–water partition coefficient (Wildman–Crippen LogP) is 1.98. The van der Waals surface area contributed by atoms with E-state index in [0.717, 1.165) is 17.7 Å². The van der Waals surface area contributed by atoms with Gasteiger partial charge in [0.05, 0.1) is 11.2 Å². The minimum Gasteiger partial charge on any atom is -0.423 e. The van der Waals surface area contributed by atoms with Gasteiger partial charge in [-0.05, 0) is 61.1 Å². The van der Waals surface area contributed by atoms with Crippen molar-refractivity contribution in [1.29, 1.82) is 0 Å². The Bertz CT molecular complexity index is 1140. The van der Waals surface area contributed by atoms with Crippen molar-refractivity contribution >= 4 is 36.0 Å². The fraction of sp³-hybridized carbons (Fsp3) is 0.375. The number of hydrogen-bond acceptors (Lipinski definition) is 5. The van der Waals surface area contributed by atoms with Crippen LogP contribution in [-0.2, 0) is 37.2 Å². The molecule has 192 valence electrons. The molecule has 36 heavy (non-hydrogen) atoms. The summed E-state index contributed by atoms with van der Waals surface area (Å²) in [4.78, 5) is 36.4. The SMILES string of the molecule is CC1(C)OB(O)c2cc(NC(=O)[C@@H](Cc3ccc(C(F)(F)F)cc3)NC(=O)CCCC(N)=O)ccc21. The van der Waals surface area contributed by atoms with Gasteiger partial charge >= 0.3 is 13.3 Å². The molecule has 1 aliphatic rings. The largest absolute Gasteiger partial charge is 0.492 e. The second kappa shape index (κ2) is 10.7. The predicted molar refractivity (Wildman–Crippen MR) is 127 cm³/mol. The van der Waals surface area contributed by atoms with E-state index in [9.17, 15) is 32.6 Å². The minimum atomic E-state index is -4.50. The first-order valence-corrected chi connectivity index (χ1v) is 11.3. The number of carbonyl (C=O) groups excluding carboxylic acids is 3. The summed E-state index contributed by atoms with van der Waals surface area (Å²) in [5, 5.41) is 15.5. The van der Waals surface area contributed by atoms with Crippen LogP contribution in [0.5, 0.6) is 0 Å². The van der Waals surface area contributed by atoms with Crippen molar-refractivity contribution in [3.63, 3.8) is 0 Å². The molecule has 0 spiro atoms. The fourth-order valence-corrected chi connectivity index (χ4v) is 3.99. The molecule has 3 rings (SSSR count). The van der Waals surface area contributed by atoms with Crippen molar-refractivity contribution in [3.05, 3.63) is 59.2 Å². The number of amides is 3. The Kier molecular flexibility index (Phi) is 8.10. The minimum absolute atomic E-state index is 0.000934. The van der Waals surface area contributed by atoms with Crippen LogP contribution in [-0.4, -0.2) is 35.9 Å². The number of nitrogens with two attached hydrogens (primary N) is 1. The van der Waals surface area contributed by atoms with E-state index in [1.54, 1.807) is 32.0 Å². The van der Waals surface area contributed by atoms with E-state index >= 15 is 0 Å². The molecule has 0 unspecified atom stereocenters. The van der Waals surface area contributed by atoms with Crippen molar-refractivity contribution in [2.45, 2.75) is 57.3 Å². The van der Waals surface area contributed by atoms with Gasteiger partial charge in [-0.1, -0.05) is 18.2 Å². The molecule has 1 atom stereocenters. The Hall–Kier alpha value is -3.38. The molecule has 2 aromatic carbocycles. The molecule has 5 N–H and O–H groups in total. The van der Waals surface area contributed by atoms with Crippen LogP contribution >= 0.6 is 0 Å². The lowest BCUT2D eigenvalue weighted by Gasteiger charge is -2.21. The van der Waals surface area contributed by atoms with Crippen LogP contribution in [0.25, 0.3) is 0 Å². The maximum absolute atomic E-state index is 13.1. The van der Waals surface area contributed by atoms with Crippen LogP contribution in [0.4, 0.5) is 18.9 Å². The van der Waals surface area contributed by atoms with Gasteiger partial charge in [0.1, 0.15) is 6.04 Å². The highest BCUT2D eigenvalue weighted by atomic mass is 19.4. The third kappa shape index (κ3) is 6.85. The third-order valence-electron chi connectivity index (χ3n) is 5.84. The first-order chi connectivity index (χ1) is 16.8. The standard InChI is InChI=1S/C24H27BF3N3O5/c1-23(2)17-11-10-16(13-18(17)25(35)36-23)30-22(34)19(31-21(33)5-3-4-20(29)32)12-14-6-8-15(9-7-14)24(26,27)28/h6-11,13,19,35H,3-5,12H2,1-2H3,(H2,29,32)(H,30,34)(H,31,33)/t19-/m1/s1. The molecule has 8 nitrogen and oxygen atoms in total. The Labute approximate surface area is 206 Å². The van der Waals surface area contributed by atoms with Crippen molar-refractivity contribution in [1.82, 2.24) is 5.32 Å². The Morgan fingerprint density at radius 1 is 1.11 bits per heavy atom. The lowest BCUT2D eigenvalue weighted by molar-refractivity contribution is -0.137. The van der Waals surface area contributed by atoms with Crippen LogP contribution in [0, 0.1) is 0 Å². The van der Waals surface area contributed by atoms with Gasteiger partial charge in [-0.25, -0.2) is 0 Å². The zero-order valence-electron chi connectivity index (χ0n) is 19.8. The number of carbonyl (C=O) groups is 3. The van der Waals surface area contributed by atoms with Crippen LogP contribution in [0.2, 0.25) is 0 Å². The quantitative estimate of drug-likeness (QED) is 0.388. The average Bonchev–Trinajstić information content (AvgIpc) is 3.00. The average molecular weight is 505 g/mol. The van der Waals surface area contributed by atoms with Gasteiger partial charge in [0, 0.05) is 24.9 Å². The van der Waals surface area contributed by atoms with Crippen molar-refractivity contribution in [2.75, 3.05) is 5.32 Å². The molecule has 0 aliphatic carbocycles. The van der Waals surface area contributed by atoms with E-state index in [1.165, 1.54) is 12.1 Å². The molecule has 1 heterocycles. The number of fused-ring (bicyclic) bond motifs is 1. The van der Waals surface area contributed by atoms with Crippen molar-refractivity contribution in [3.8, 4) is 0 Å². The number of nitrogens with one attached hydrogen (secondary N) is 2. The molecular formula is C24H27BF3N3O5. The number of primary amides is 1. The van der Waals surface area contributed by atoms with Gasteiger partial charge in [0.2, 0.25) is 17.7 Å². The smallest absolute Gasteiger partial charge is 0.423 e. The van der Waals surface area contributed by atoms with Gasteiger partial charge in [-0.2, -0.15) is 13.2 Å². The summed E-state index contributed by atoms with van der Waals surface area (Å²) >= 11 is 0. The third-order valence-corrected chi connectivity index (χ3v) is 5.84. The van der Waals surface area contributed by atoms with E-state index in [-0.39, 0.29) is 25.7 Å². The maximum atomic E-state index is 13.1. The zero-order chi connectivity index (χ0) is 26.7. The number of anilines is 1. The lowest BCUT2D eigenvalue weighted by Crippen LogP contribution is -2.45. The molecule has 0 radical (unpaired) electrons. The van der Waals surface area contributed by atoms with Gasteiger partial charge < -0.3 is 26.0 Å². The number of rotatable bonds is 9. The van der Waals surface area contributed by atoms with Crippen LogP contribution in [0.1, 0.15) is 49.8 Å². The van der Waals surface area contributed by atoms with Gasteiger partial charge in [0.25, 0.3) is 0 Å². The van der Waals surface area contributed by atoms with Crippen molar-refractivity contribution < 1.29 is 37.2 Å². The fourth-order valence-electron chi connectivity index (χ4n) is 3.99. The highest BCUT2D eigenvalue weighted by molar-refractivity contribution is 6.62. The molecule has 0 bridgehead atoms. The van der Waals surface area contributed by atoms with E-state index in [0.29, 0.717) is 16.7 Å². The van der Waals surface area contributed by atoms with Crippen LogP contribution in [0.15, 0.2) is 42.5 Å². The van der Waals surface area contributed by atoms with Gasteiger partial charge in [-0.3, -0.25) is 14.4 Å². The first-order valence-electron chi connectivity index (χ1n) is 11.3. The maximum Gasteiger partial charge on any atom is 0.492 e. The monoisotopic (exact) mass is 505 g/mol. The number of halogens is 3.